The maximum atomic E-state index is 13.0. The molecule has 3 N–H and O–H groups in total. The molecule has 0 fully saturated rings. The molecule has 0 saturated carbocycles. The minimum atomic E-state index is -5.01. The zero-order chi connectivity index (χ0) is 21.3. The molecule has 0 bridgehead atoms. The number of ether oxygens (including phenoxy) is 1. The van der Waals surface area contributed by atoms with Gasteiger partial charge >= 0.3 is 12.1 Å². The molecular formula is C19H26F3N3O3. The number of carbonyl (C=O) groups excluding carboxylic acids is 2. The van der Waals surface area contributed by atoms with Crippen molar-refractivity contribution in [1.29, 1.82) is 0 Å². The van der Waals surface area contributed by atoms with E-state index >= 15 is 0 Å². The minimum absolute atomic E-state index is 0.0828. The highest BCUT2D eigenvalue weighted by atomic mass is 19.4. The Kier molecular flexibility index (Phi) is 8.98. The molecule has 0 radical (unpaired) electrons. The normalized spacial score (nSPS) is 13.8. The molecule has 6 nitrogen and oxygen atoms in total. The number of nitrogens with one attached hydrogen (secondary N) is 1. The molecule has 0 aliphatic carbocycles. The third-order valence-corrected chi connectivity index (χ3v) is 3.87. The number of nitrogens with zero attached hydrogens (tertiary/aromatic N) is 1. The van der Waals surface area contributed by atoms with E-state index in [9.17, 15) is 22.8 Å². The number of hydrogen-bond acceptors (Lipinski definition) is 4. The summed E-state index contributed by atoms with van der Waals surface area (Å²) in [6, 6.07) is 4.60. The van der Waals surface area contributed by atoms with Gasteiger partial charge in [0, 0.05) is 18.3 Å². The molecule has 9 heteroatoms. The van der Waals surface area contributed by atoms with E-state index in [0.717, 1.165) is 6.42 Å². The Hall–Kier alpha value is -2.55. The van der Waals surface area contributed by atoms with E-state index in [1.54, 1.807) is 6.08 Å². The number of carbonyl (C=O) groups is 2. The van der Waals surface area contributed by atoms with Crippen LogP contribution in [0.1, 0.15) is 26.7 Å². The summed E-state index contributed by atoms with van der Waals surface area (Å²) in [6.07, 6.45) is -0.679. The third-order valence-electron chi connectivity index (χ3n) is 3.87. The SMILES string of the molecule is CCC[C@@H](/C=C/CN(C(=O)C(F)(F)F)c1ccc(OC)cc1)NC(=O)[C@H](C)N. The molecule has 0 spiro atoms. The molecule has 0 saturated heterocycles. The fraction of sp³-hybridized carbons (Fsp3) is 0.474. The van der Waals surface area contributed by atoms with Crippen molar-refractivity contribution >= 4 is 17.5 Å². The largest absolute Gasteiger partial charge is 0.497 e. The van der Waals surface area contributed by atoms with Crippen LogP contribution in [0, 0.1) is 0 Å². The van der Waals surface area contributed by atoms with Crippen LogP contribution in [0.4, 0.5) is 18.9 Å². The predicted octanol–water partition coefficient (Wildman–Crippen LogP) is 2.78. The van der Waals surface area contributed by atoms with Gasteiger partial charge in [0.25, 0.3) is 0 Å². The molecule has 0 heterocycles. The molecule has 1 rings (SSSR count). The summed E-state index contributed by atoms with van der Waals surface area (Å²) in [4.78, 5) is 24.2. The van der Waals surface area contributed by atoms with Crippen molar-refractivity contribution in [3.63, 3.8) is 0 Å². The molecule has 0 aromatic heterocycles. The minimum Gasteiger partial charge on any atom is -0.497 e. The first-order chi connectivity index (χ1) is 13.1. The molecule has 1 aromatic carbocycles. The van der Waals surface area contributed by atoms with Crippen LogP contribution in [-0.2, 0) is 9.59 Å². The summed E-state index contributed by atoms with van der Waals surface area (Å²) in [5.74, 6) is -1.88. The number of halogens is 3. The number of methoxy groups -OCH3 is 1. The van der Waals surface area contributed by atoms with Crippen molar-refractivity contribution in [2.75, 3.05) is 18.6 Å². The second kappa shape index (κ2) is 10.7. The van der Waals surface area contributed by atoms with Gasteiger partial charge in [-0.3, -0.25) is 9.59 Å². The van der Waals surface area contributed by atoms with Gasteiger partial charge in [-0.05, 0) is 37.6 Å². The van der Waals surface area contributed by atoms with E-state index < -0.39 is 18.1 Å². The fourth-order valence-electron chi connectivity index (χ4n) is 2.39. The Bertz CT molecular complexity index is 673. The van der Waals surface area contributed by atoms with E-state index in [1.807, 2.05) is 6.92 Å². The van der Waals surface area contributed by atoms with Crippen LogP contribution in [0.25, 0.3) is 0 Å². The van der Waals surface area contributed by atoms with Crippen LogP contribution >= 0.6 is 0 Å². The van der Waals surface area contributed by atoms with E-state index in [-0.39, 0.29) is 24.2 Å². The lowest BCUT2D eigenvalue weighted by Crippen LogP contribution is -2.43. The third kappa shape index (κ3) is 7.22. The van der Waals surface area contributed by atoms with Crippen molar-refractivity contribution < 1.29 is 27.5 Å². The highest BCUT2D eigenvalue weighted by molar-refractivity contribution is 5.97. The molecule has 2 amide bonds. The quantitative estimate of drug-likeness (QED) is 0.623. The Labute approximate surface area is 162 Å². The molecule has 28 heavy (non-hydrogen) atoms. The fourth-order valence-corrected chi connectivity index (χ4v) is 2.39. The molecule has 0 aliphatic heterocycles. The molecular weight excluding hydrogens is 375 g/mol. The zero-order valence-corrected chi connectivity index (χ0v) is 16.1. The van der Waals surface area contributed by atoms with Gasteiger partial charge in [0.05, 0.1) is 13.2 Å². The van der Waals surface area contributed by atoms with Crippen molar-refractivity contribution in [1.82, 2.24) is 5.32 Å². The first-order valence-corrected chi connectivity index (χ1v) is 8.85. The molecule has 2 atom stereocenters. The molecule has 0 aliphatic rings. The van der Waals surface area contributed by atoms with Crippen LogP contribution in [0.3, 0.4) is 0 Å². The topological polar surface area (TPSA) is 84.7 Å². The summed E-state index contributed by atoms with van der Waals surface area (Å²) in [5, 5.41) is 2.71. The van der Waals surface area contributed by atoms with Crippen molar-refractivity contribution in [2.24, 2.45) is 5.73 Å². The average molecular weight is 401 g/mol. The number of benzene rings is 1. The van der Waals surface area contributed by atoms with Crippen LogP contribution in [-0.4, -0.2) is 43.7 Å². The lowest BCUT2D eigenvalue weighted by Gasteiger charge is -2.23. The number of amides is 2. The lowest BCUT2D eigenvalue weighted by molar-refractivity contribution is -0.170. The number of rotatable bonds is 9. The first-order valence-electron chi connectivity index (χ1n) is 8.85. The molecule has 156 valence electrons. The number of anilines is 1. The second-order valence-corrected chi connectivity index (χ2v) is 6.23. The maximum Gasteiger partial charge on any atom is 0.471 e. The summed E-state index contributed by atoms with van der Waals surface area (Å²) < 4.78 is 43.9. The predicted molar refractivity (Wildman–Crippen MR) is 101 cm³/mol. The van der Waals surface area contributed by atoms with Crippen molar-refractivity contribution in [2.45, 2.75) is 44.9 Å². The number of nitrogens with two attached hydrogens (primary N) is 1. The van der Waals surface area contributed by atoms with Gasteiger partial charge < -0.3 is 20.7 Å². The van der Waals surface area contributed by atoms with Gasteiger partial charge in [-0.1, -0.05) is 25.5 Å². The Morgan fingerprint density at radius 2 is 1.89 bits per heavy atom. The Morgan fingerprint density at radius 3 is 2.36 bits per heavy atom. The van der Waals surface area contributed by atoms with E-state index in [1.165, 1.54) is 44.4 Å². The standard InChI is InChI=1S/C19H26F3N3O3/c1-4-6-14(24-17(26)13(2)23)7-5-12-25(18(27)19(20,21)22)15-8-10-16(28-3)11-9-15/h5,7-11,13-14H,4,6,12,23H2,1-3H3,(H,24,26)/b7-5+/t13-,14-/m0/s1. The highest BCUT2D eigenvalue weighted by Crippen LogP contribution is 2.25. The summed E-state index contributed by atoms with van der Waals surface area (Å²) in [5.41, 5.74) is 5.60. The second-order valence-electron chi connectivity index (χ2n) is 6.23. The smallest absolute Gasteiger partial charge is 0.471 e. The van der Waals surface area contributed by atoms with Crippen LogP contribution in [0.5, 0.6) is 5.75 Å². The van der Waals surface area contributed by atoms with Gasteiger partial charge in [-0.15, -0.1) is 0 Å². The Morgan fingerprint density at radius 1 is 1.29 bits per heavy atom. The van der Waals surface area contributed by atoms with Crippen LogP contribution < -0.4 is 20.7 Å². The average Bonchev–Trinajstić information content (AvgIpc) is 2.64. The van der Waals surface area contributed by atoms with Gasteiger partial charge in [-0.2, -0.15) is 13.2 Å². The number of alkyl halides is 3. The van der Waals surface area contributed by atoms with E-state index in [0.29, 0.717) is 17.1 Å². The summed E-state index contributed by atoms with van der Waals surface area (Å²) >= 11 is 0. The lowest BCUT2D eigenvalue weighted by atomic mass is 10.1. The molecule has 1 aromatic rings. The zero-order valence-electron chi connectivity index (χ0n) is 16.1. The van der Waals surface area contributed by atoms with Gasteiger partial charge in [0.1, 0.15) is 5.75 Å². The van der Waals surface area contributed by atoms with Crippen molar-refractivity contribution in [3.8, 4) is 5.75 Å². The van der Waals surface area contributed by atoms with Gasteiger partial charge in [0.2, 0.25) is 5.91 Å². The van der Waals surface area contributed by atoms with Crippen LogP contribution in [0.15, 0.2) is 36.4 Å². The van der Waals surface area contributed by atoms with Crippen molar-refractivity contribution in [3.05, 3.63) is 36.4 Å². The maximum absolute atomic E-state index is 13.0. The van der Waals surface area contributed by atoms with E-state index in [4.69, 9.17) is 10.5 Å². The van der Waals surface area contributed by atoms with Gasteiger partial charge in [-0.25, -0.2) is 0 Å². The van der Waals surface area contributed by atoms with Gasteiger partial charge in [0.15, 0.2) is 0 Å². The first kappa shape index (κ1) is 23.5. The van der Waals surface area contributed by atoms with E-state index in [2.05, 4.69) is 5.32 Å². The monoisotopic (exact) mass is 401 g/mol. The highest BCUT2D eigenvalue weighted by Gasteiger charge is 2.42. The summed E-state index contributed by atoms with van der Waals surface area (Å²) in [6.45, 7) is 3.14. The summed E-state index contributed by atoms with van der Waals surface area (Å²) in [7, 11) is 1.43. The molecule has 0 unspecified atom stereocenters. The van der Waals surface area contributed by atoms with Crippen LogP contribution in [0.2, 0.25) is 0 Å². The number of hydrogen-bond donors (Lipinski definition) is 2. The Balaban J connectivity index is 2.99.